The molecule has 114 valence electrons. The molecule has 8 heteroatoms. The van der Waals surface area contributed by atoms with Crippen LogP contribution in [0.15, 0.2) is 29.4 Å². The lowest BCUT2D eigenvalue weighted by Gasteiger charge is -2.29. The number of hydrogen-bond acceptors (Lipinski definition) is 5. The molecule has 1 aliphatic rings. The average Bonchev–Trinajstić information content (AvgIpc) is 2.87. The fourth-order valence-corrected chi connectivity index (χ4v) is 4.35. The van der Waals surface area contributed by atoms with Gasteiger partial charge in [0, 0.05) is 19.3 Å². The fourth-order valence-electron chi connectivity index (χ4n) is 2.66. The third kappa shape index (κ3) is 2.39. The number of hydrazine groups is 1. The second kappa shape index (κ2) is 5.28. The normalized spacial score (nSPS) is 18.2. The molecule has 0 radical (unpaired) electrons. The van der Waals surface area contributed by atoms with E-state index >= 15 is 0 Å². The molecule has 0 unspecified atom stereocenters. The second-order valence-corrected chi connectivity index (χ2v) is 7.28. The van der Waals surface area contributed by atoms with Gasteiger partial charge >= 0.3 is 0 Å². The quantitative estimate of drug-likeness (QED) is 0.653. The van der Waals surface area contributed by atoms with Gasteiger partial charge in [0.1, 0.15) is 5.65 Å². The van der Waals surface area contributed by atoms with Crippen molar-refractivity contribution in [1.29, 1.82) is 0 Å². The van der Waals surface area contributed by atoms with Crippen LogP contribution >= 0.6 is 0 Å². The first-order valence-electron chi connectivity index (χ1n) is 6.98. The van der Waals surface area contributed by atoms with Gasteiger partial charge in [0.15, 0.2) is 5.82 Å². The van der Waals surface area contributed by atoms with Crippen LogP contribution in [0.1, 0.15) is 19.8 Å². The highest BCUT2D eigenvalue weighted by molar-refractivity contribution is 7.89. The van der Waals surface area contributed by atoms with Gasteiger partial charge in [0.05, 0.1) is 0 Å². The number of pyridine rings is 1. The number of hydrogen-bond donors (Lipinski definition) is 2. The Morgan fingerprint density at radius 2 is 2.05 bits per heavy atom. The highest BCUT2D eigenvalue weighted by atomic mass is 32.2. The zero-order chi connectivity index (χ0) is 15.0. The van der Waals surface area contributed by atoms with Gasteiger partial charge in [0.2, 0.25) is 5.03 Å². The molecule has 1 saturated heterocycles. The second-order valence-electron chi connectivity index (χ2n) is 5.43. The molecule has 0 amide bonds. The van der Waals surface area contributed by atoms with Crippen LogP contribution in [0.4, 0.5) is 5.82 Å². The van der Waals surface area contributed by atoms with Gasteiger partial charge in [0.25, 0.3) is 10.0 Å². The van der Waals surface area contributed by atoms with Gasteiger partial charge in [-0.05, 0) is 30.9 Å². The first-order chi connectivity index (χ1) is 10.0. The van der Waals surface area contributed by atoms with Crippen LogP contribution in [-0.2, 0) is 10.0 Å². The van der Waals surface area contributed by atoms with E-state index in [4.69, 9.17) is 5.84 Å². The van der Waals surface area contributed by atoms with Gasteiger partial charge in [-0.15, -0.1) is 0 Å². The molecule has 3 N–H and O–H groups in total. The molecule has 3 heterocycles. The summed E-state index contributed by atoms with van der Waals surface area (Å²) in [6, 6.07) is 5.33. The maximum absolute atomic E-state index is 12.9. The molecule has 7 nitrogen and oxygen atoms in total. The minimum Gasteiger partial charge on any atom is -0.306 e. The first kappa shape index (κ1) is 14.3. The lowest BCUT2D eigenvalue weighted by Crippen LogP contribution is -2.38. The number of sulfonamides is 1. The predicted octanol–water partition coefficient (Wildman–Crippen LogP) is 1.04. The number of anilines is 1. The van der Waals surface area contributed by atoms with Gasteiger partial charge in [-0.25, -0.2) is 19.2 Å². The fraction of sp³-hybridized carbons (Fsp3) is 0.462. The third-order valence-electron chi connectivity index (χ3n) is 3.95. The Morgan fingerprint density at radius 3 is 2.71 bits per heavy atom. The molecule has 0 saturated carbocycles. The SMILES string of the molecule is CC1CCN(S(=O)(=O)c2c(NN)nc3ccccn23)CC1. The Hall–Kier alpha value is -1.64. The number of fused-ring (bicyclic) bond motifs is 1. The van der Waals surface area contributed by atoms with Crippen LogP contribution in [-0.4, -0.2) is 35.2 Å². The maximum atomic E-state index is 12.9. The van der Waals surface area contributed by atoms with Crippen LogP contribution in [0.25, 0.3) is 5.65 Å². The number of aromatic nitrogens is 2. The molecule has 2 aromatic heterocycles. The summed E-state index contributed by atoms with van der Waals surface area (Å²) in [6.45, 7) is 3.21. The van der Waals surface area contributed by atoms with E-state index in [1.165, 1.54) is 4.31 Å². The van der Waals surface area contributed by atoms with Gasteiger partial charge in [-0.3, -0.25) is 4.40 Å². The smallest absolute Gasteiger partial charge is 0.262 e. The Balaban J connectivity index is 2.10. The minimum atomic E-state index is -3.62. The Bertz CT molecular complexity index is 747. The summed E-state index contributed by atoms with van der Waals surface area (Å²) < 4.78 is 28.9. The minimum absolute atomic E-state index is 0.107. The number of rotatable bonds is 3. The average molecular weight is 309 g/mol. The number of piperidine rings is 1. The zero-order valence-corrected chi connectivity index (χ0v) is 12.7. The summed E-state index contributed by atoms with van der Waals surface area (Å²) in [5.74, 6) is 6.20. The van der Waals surface area contributed by atoms with E-state index in [0.29, 0.717) is 24.7 Å². The highest BCUT2D eigenvalue weighted by Crippen LogP contribution is 2.28. The number of nitrogens with one attached hydrogen (secondary N) is 1. The van der Waals surface area contributed by atoms with E-state index in [9.17, 15) is 8.42 Å². The van der Waals surface area contributed by atoms with Crippen LogP contribution in [0.5, 0.6) is 0 Å². The highest BCUT2D eigenvalue weighted by Gasteiger charge is 2.33. The lowest BCUT2D eigenvalue weighted by molar-refractivity contribution is 0.287. The van der Waals surface area contributed by atoms with E-state index in [2.05, 4.69) is 17.3 Å². The maximum Gasteiger partial charge on any atom is 0.262 e. The number of nitrogens with two attached hydrogens (primary N) is 1. The summed E-state index contributed by atoms with van der Waals surface area (Å²) in [5.41, 5.74) is 2.95. The molecule has 1 fully saturated rings. The monoisotopic (exact) mass is 309 g/mol. The van der Waals surface area contributed by atoms with Crippen LogP contribution in [0.3, 0.4) is 0 Å². The number of nitrogen functional groups attached to an aromatic ring is 1. The van der Waals surface area contributed by atoms with Crippen LogP contribution in [0.2, 0.25) is 0 Å². The van der Waals surface area contributed by atoms with Gasteiger partial charge in [-0.2, -0.15) is 4.31 Å². The summed E-state index contributed by atoms with van der Waals surface area (Å²) >= 11 is 0. The van der Waals surface area contributed by atoms with Crippen molar-refractivity contribution >= 4 is 21.5 Å². The van der Waals surface area contributed by atoms with Crippen molar-refractivity contribution in [3.05, 3.63) is 24.4 Å². The first-order valence-corrected chi connectivity index (χ1v) is 8.42. The topological polar surface area (TPSA) is 92.7 Å². The van der Waals surface area contributed by atoms with Crippen LogP contribution < -0.4 is 11.3 Å². The van der Waals surface area contributed by atoms with Crippen molar-refractivity contribution in [2.75, 3.05) is 18.5 Å². The van der Waals surface area contributed by atoms with E-state index < -0.39 is 10.0 Å². The largest absolute Gasteiger partial charge is 0.306 e. The van der Waals surface area contributed by atoms with E-state index in [-0.39, 0.29) is 10.8 Å². The van der Waals surface area contributed by atoms with E-state index in [0.717, 1.165) is 12.8 Å². The van der Waals surface area contributed by atoms with Gasteiger partial charge in [-0.1, -0.05) is 13.0 Å². The molecule has 2 aromatic rings. The van der Waals surface area contributed by atoms with Crippen LogP contribution in [0, 0.1) is 5.92 Å². The molecule has 1 aliphatic heterocycles. The predicted molar refractivity (Wildman–Crippen MR) is 80.2 cm³/mol. The molecule has 3 rings (SSSR count). The molecule has 0 aliphatic carbocycles. The Labute approximate surface area is 123 Å². The standard InChI is InChI=1S/C13H19N5O2S/c1-10-5-8-17(9-6-10)21(19,20)13-12(16-14)15-11-4-2-3-7-18(11)13/h2-4,7,10,16H,5-6,8-9,14H2,1H3. The van der Waals surface area contributed by atoms with E-state index in [1.54, 1.807) is 22.7 Å². The molecule has 0 aromatic carbocycles. The van der Waals surface area contributed by atoms with E-state index in [1.807, 2.05) is 6.07 Å². The van der Waals surface area contributed by atoms with Crippen molar-refractivity contribution in [2.45, 2.75) is 24.8 Å². The molecule has 0 bridgehead atoms. The summed E-state index contributed by atoms with van der Waals surface area (Å²) in [6.07, 6.45) is 3.44. The third-order valence-corrected chi connectivity index (χ3v) is 5.87. The summed E-state index contributed by atoms with van der Waals surface area (Å²) in [4.78, 5) is 4.23. The molecular weight excluding hydrogens is 290 g/mol. The Kier molecular flexibility index (Phi) is 3.60. The molecule has 21 heavy (non-hydrogen) atoms. The van der Waals surface area contributed by atoms with Crippen molar-refractivity contribution in [3.8, 4) is 0 Å². The van der Waals surface area contributed by atoms with Gasteiger partial charge < -0.3 is 5.43 Å². The summed E-state index contributed by atoms with van der Waals surface area (Å²) in [7, 11) is -3.62. The number of imidazole rings is 1. The van der Waals surface area contributed by atoms with Crippen molar-refractivity contribution in [1.82, 2.24) is 13.7 Å². The van der Waals surface area contributed by atoms with Crippen molar-refractivity contribution in [2.24, 2.45) is 11.8 Å². The lowest BCUT2D eigenvalue weighted by atomic mass is 10.0. The zero-order valence-electron chi connectivity index (χ0n) is 11.9. The molecular formula is C13H19N5O2S. The summed E-state index contributed by atoms with van der Waals surface area (Å²) in [5, 5.41) is 0.107. The molecule has 0 spiro atoms. The number of nitrogens with zero attached hydrogens (tertiary/aromatic N) is 3. The van der Waals surface area contributed by atoms with Crippen molar-refractivity contribution < 1.29 is 8.42 Å². The molecule has 0 atom stereocenters. The van der Waals surface area contributed by atoms with Crippen molar-refractivity contribution in [3.63, 3.8) is 0 Å². The Morgan fingerprint density at radius 1 is 1.33 bits per heavy atom.